The van der Waals surface area contributed by atoms with Crippen LogP contribution < -0.4 is 5.32 Å². The van der Waals surface area contributed by atoms with Crippen LogP contribution in [0, 0.1) is 0 Å². The molecule has 21 heavy (non-hydrogen) atoms. The van der Waals surface area contributed by atoms with Crippen molar-refractivity contribution < 1.29 is 0 Å². The first kappa shape index (κ1) is 15.8. The maximum atomic E-state index is 6.00. The minimum Gasteiger partial charge on any atom is -0.381 e. The smallest absolute Gasteiger partial charge is 0.0737 e. The summed E-state index contributed by atoms with van der Waals surface area (Å²) >= 11 is 6.00. The minimum absolute atomic E-state index is 0.714. The number of hydrogen-bond donors (Lipinski definition) is 1. The van der Waals surface area contributed by atoms with E-state index in [1.54, 1.807) is 6.20 Å². The second-order valence-corrected chi connectivity index (χ2v) is 5.29. The lowest BCUT2D eigenvalue weighted by Gasteiger charge is -2.14. The fourth-order valence-electron chi connectivity index (χ4n) is 2.23. The fourth-order valence-corrected chi connectivity index (χ4v) is 2.40. The monoisotopic (exact) mass is 303 g/mol. The predicted molar refractivity (Wildman–Crippen MR) is 92.2 cm³/mol. The lowest BCUT2D eigenvalue weighted by atomic mass is 10.2. The summed E-state index contributed by atoms with van der Waals surface area (Å²) in [4.78, 5) is 6.72. The number of rotatable bonds is 7. The van der Waals surface area contributed by atoms with Gasteiger partial charge in [0.05, 0.1) is 5.52 Å². The molecule has 3 nitrogen and oxygen atoms in total. The lowest BCUT2D eigenvalue weighted by molar-refractivity contribution is 0.337. The van der Waals surface area contributed by atoms with Crippen LogP contribution >= 0.6 is 11.6 Å². The summed E-state index contributed by atoms with van der Waals surface area (Å²) in [5, 5.41) is 5.24. The van der Waals surface area contributed by atoms with Gasteiger partial charge in [-0.1, -0.05) is 37.6 Å². The van der Waals surface area contributed by atoms with Crippen LogP contribution in [0.3, 0.4) is 0 Å². The van der Waals surface area contributed by atoms with Gasteiger partial charge in [-0.15, -0.1) is 0 Å². The number of likely N-dealkylation sites (N-methyl/N-ethyl adjacent to an activating group) is 1. The highest BCUT2D eigenvalue weighted by molar-refractivity contribution is 6.31. The molecule has 1 heterocycles. The Labute approximate surface area is 131 Å². The predicted octanol–water partition coefficient (Wildman–Crippen LogP) is 4.20. The highest BCUT2D eigenvalue weighted by atomic mass is 35.5. The molecule has 2 rings (SSSR count). The summed E-state index contributed by atoms with van der Waals surface area (Å²) in [6.07, 6.45) is 6.18. The summed E-state index contributed by atoms with van der Waals surface area (Å²) in [6.45, 7) is 8.35. The van der Waals surface area contributed by atoms with Crippen molar-refractivity contribution >= 4 is 28.2 Å². The van der Waals surface area contributed by atoms with Crippen LogP contribution in [0.4, 0.5) is 5.69 Å². The largest absolute Gasteiger partial charge is 0.381 e. The number of hydrogen-bond acceptors (Lipinski definition) is 3. The normalized spacial score (nSPS) is 11.6. The maximum absolute atomic E-state index is 6.00. The Bertz CT molecular complexity index is 606. The number of halogens is 1. The Kier molecular flexibility index (Phi) is 6.03. The number of anilines is 1. The van der Waals surface area contributed by atoms with Gasteiger partial charge in [0.15, 0.2) is 0 Å². The van der Waals surface area contributed by atoms with Gasteiger partial charge in [0.25, 0.3) is 0 Å². The van der Waals surface area contributed by atoms with E-state index in [0.29, 0.717) is 5.02 Å². The van der Waals surface area contributed by atoms with E-state index in [-0.39, 0.29) is 0 Å². The molecule has 0 saturated heterocycles. The zero-order valence-corrected chi connectivity index (χ0v) is 13.4. The van der Waals surface area contributed by atoms with Crippen molar-refractivity contribution in [3.05, 3.63) is 47.6 Å². The van der Waals surface area contributed by atoms with Gasteiger partial charge >= 0.3 is 0 Å². The van der Waals surface area contributed by atoms with Gasteiger partial charge in [0, 0.05) is 35.4 Å². The lowest BCUT2D eigenvalue weighted by Crippen LogP contribution is -2.22. The second-order valence-electron chi connectivity index (χ2n) is 4.86. The van der Waals surface area contributed by atoms with E-state index in [0.717, 1.165) is 42.8 Å². The molecule has 0 saturated carbocycles. The first-order valence-corrected chi connectivity index (χ1v) is 7.78. The molecule has 0 aliphatic rings. The third-order valence-corrected chi connectivity index (χ3v) is 3.77. The summed E-state index contributed by atoms with van der Waals surface area (Å²) in [6, 6.07) is 7.78. The highest BCUT2D eigenvalue weighted by Gasteiger charge is 2.01. The Morgan fingerprint density at radius 2 is 2.00 bits per heavy atom. The van der Waals surface area contributed by atoms with Crippen LogP contribution in [-0.4, -0.2) is 36.1 Å². The summed E-state index contributed by atoms with van der Waals surface area (Å²) in [5.74, 6) is 0. The minimum atomic E-state index is 0.714. The van der Waals surface area contributed by atoms with Crippen molar-refractivity contribution in [1.29, 1.82) is 0 Å². The maximum Gasteiger partial charge on any atom is 0.0737 e. The molecule has 1 aromatic carbocycles. The molecule has 0 spiro atoms. The SMILES string of the molecule is CCN(CC)C/C=C/CNc1ccnc2cc(Cl)ccc12. The van der Waals surface area contributed by atoms with Gasteiger partial charge in [0.1, 0.15) is 0 Å². The van der Waals surface area contributed by atoms with E-state index in [1.165, 1.54) is 0 Å². The Hall–Kier alpha value is -1.58. The number of nitrogens with zero attached hydrogens (tertiary/aromatic N) is 2. The van der Waals surface area contributed by atoms with Crippen LogP contribution in [0.25, 0.3) is 10.9 Å². The molecular formula is C17H22ClN3. The van der Waals surface area contributed by atoms with Crippen molar-refractivity contribution in [2.75, 3.05) is 31.5 Å². The number of fused-ring (bicyclic) bond motifs is 1. The summed E-state index contributed by atoms with van der Waals surface area (Å²) < 4.78 is 0. The number of benzene rings is 1. The van der Waals surface area contributed by atoms with Crippen LogP contribution in [-0.2, 0) is 0 Å². The molecule has 0 amide bonds. The van der Waals surface area contributed by atoms with Gasteiger partial charge in [-0.2, -0.15) is 0 Å². The van der Waals surface area contributed by atoms with Gasteiger partial charge in [-0.05, 0) is 37.4 Å². The molecule has 0 atom stereocenters. The standard InChI is InChI=1S/C17H22ClN3/c1-3-21(4-2)12-6-5-10-19-16-9-11-20-17-13-14(18)7-8-15(16)17/h5-9,11,13H,3-4,10,12H2,1-2H3,(H,19,20)/b6-5+. The van der Waals surface area contributed by atoms with E-state index < -0.39 is 0 Å². The molecule has 4 heteroatoms. The van der Waals surface area contributed by atoms with Crippen LogP contribution in [0.5, 0.6) is 0 Å². The molecule has 0 radical (unpaired) electrons. The quantitative estimate of drug-likeness (QED) is 0.777. The number of pyridine rings is 1. The van der Waals surface area contributed by atoms with E-state index in [1.807, 2.05) is 24.3 Å². The second kappa shape index (κ2) is 8.01. The molecular weight excluding hydrogens is 282 g/mol. The Morgan fingerprint density at radius 1 is 1.19 bits per heavy atom. The van der Waals surface area contributed by atoms with E-state index >= 15 is 0 Å². The zero-order chi connectivity index (χ0) is 15.1. The molecule has 2 aromatic rings. The zero-order valence-electron chi connectivity index (χ0n) is 12.6. The number of nitrogens with one attached hydrogen (secondary N) is 1. The third kappa shape index (κ3) is 4.45. The van der Waals surface area contributed by atoms with Gasteiger partial charge < -0.3 is 10.2 Å². The number of aromatic nitrogens is 1. The van der Waals surface area contributed by atoms with Crippen LogP contribution in [0.2, 0.25) is 5.02 Å². The first-order valence-electron chi connectivity index (χ1n) is 7.40. The molecule has 0 fully saturated rings. The molecule has 0 aliphatic heterocycles. The first-order chi connectivity index (χ1) is 10.2. The van der Waals surface area contributed by atoms with Crippen LogP contribution in [0.15, 0.2) is 42.6 Å². The van der Waals surface area contributed by atoms with E-state index in [4.69, 9.17) is 11.6 Å². The fraction of sp³-hybridized carbons (Fsp3) is 0.353. The van der Waals surface area contributed by atoms with E-state index in [2.05, 4.69) is 41.2 Å². The van der Waals surface area contributed by atoms with E-state index in [9.17, 15) is 0 Å². The topological polar surface area (TPSA) is 28.2 Å². The molecule has 0 bridgehead atoms. The van der Waals surface area contributed by atoms with Crippen LogP contribution in [0.1, 0.15) is 13.8 Å². The Morgan fingerprint density at radius 3 is 2.76 bits per heavy atom. The molecule has 0 aliphatic carbocycles. The summed E-state index contributed by atoms with van der Waals surface area (Å²) in [5.41, 5.74) is 2.00. The highest BCUT2D eigenvalue weighted by Crippen LogP contribution is 2.24. The van der Waals surface area contributed by atoms with Crippen molar-refractivity contribution in [1.82, 2.24) is 9.88 Å². The van der Waals surface area contributed by atoms with Crippen molar-refractivity contribution in [2.45, 2.75) is 13.8 Å². The van der Waals surface area contributed by atoms with Gasteiger partial charge in [-0.3, -0.25) is 4.98 Å². The average molecular weight is 304 g/mol. The van der Waals surface area contributed by atoms with Crippen molar-refractivity contribution in [3.8, 4) is 0 Å². The van der Waals surface area contributed by atoms with Crippen molar-refractivity contribution in [2.24, 2.45) is 0 Å². The third-order valence-electron chi connectivity index (χ3n) is 3.54. The average Bonchev–Trinajstić information content (AvgIpc) is 2.50. The summed E-state index contributed by atoms with van der Waals surface area (Å²) in [7, 11) is 0. The molecule has 1 N–H and O–H groups in total. The molecule has 1 aromatic heterocycles. The van der Waals surface area contributed by atoms with Gasteiger partial charge in [-0.25, -0.2) is 0 Å². The van der Waals surface area contributed by atoms with Crippen molar-refractivity contribution in [3.63, 3.8) is 0 Å². The molecule has 112 valence electrons. The van der Waals surface area contributed by atoms with Gasteiger partial charge in [0.2, 0.25) is 0 Å². The molecule has 0 unspecified atom stereocenters. The Balaban J connectivity index is 1.96.